The summed E-state index contributed by atoms with van der Waals surface area (Å²) in [6, 6.07) is 8.94. The number of carbonyl (C=O) groups excluding carboxylic acids is 5. The Morgan fingerprint density at radius 3 is 2.02 bits per heavy atom. The lowest BCUT2D eigenvalue weighted by Gasteiger charge is -2.34. The number of hydrogen-bond acceptors (Lipinski definition) is 7. The number of pyridine rings is 1. The van der Waals surface area contributed by atoms with Crippen molar-refractivity contribution in [3.63, 3.8) is 0 Å². The first-order valence-corrected chi connectivity index (χ1v) is 18.4. The Morgan fingerprint density at radius 1 is 0.846 bits per heavy atom. The van der Waals surface area contributed by atoms with Crippen molar-refractivity contribution in [1.29, 1.82) is 0 Å². The van der Waals surface area contributed by atoms with Crippen LogP contribution < -0.4 is 31.3 Å². The molecule has 1 aromatic heterocycles. The van der Waals surface area contributed by atoms with Crippen LogP contribution in [-0.4, -0.2) is 84.8 Å². The average Bonchev–Trinajstić information content (AvgIpc) is 3.08. The Hall–Kier alpha value is -4.52. The average molecular weight is 724 g/mol. The fraction of sp³-hybridized carbons (Fsp3) is 0.590. The van der Waals surface area contributed by atoms with Gasteiger partial charge >= 0.3 is 0 Å². The lowest BCUT2D eigenvalue weighted by Crippen LogP contribution is -2.58. The minimum Gasteiger partial charge on any atom is -0.619 e. The monoisotopic (exact) mass is 723 g/mol. The second-order valence-corrected chi connectivity index (χ2v) is 14.9. The SMILES string of the molecule is CCC[C@@H](C(=O)N[C@H](CN[C@@H](CC)C(=O)N[C@H](C(=O)NCC)C(C)C)Cc1ccccc1)N(C)C(=O)[C@H](CC(C)(C)C)NC(=O)c1cc[n+]([O-])cc1. The molecule has 13 nitrogen and oxygen atoms in total. The molecule has 5 atom stereocenters. The molecule has 288 valence electrons. The summed E-state index contributed by atoms with van der Waals surface area (Å²) < 4.78 is 0.574. The zero-order valence-electron chi connectivity index (χ0n) is 32.5. The van der Waals surface area contributed by atoms with Crippen LogP contribution in [0.2, 0.25) is 0 Å². The Balaban J connectivity index is 2.30. The second kappa shape index (κ2) is 21.1. The third-order valence-corrected chi connectivity index (χ3v) is 8.77. The maximum absolute atomic E-state index is 14.1. The van der Waals surface area contributed by atoms with Gasteiger partial charge in [-0.2, -0.15) is 4.73 Å². The van der Waals surface area contributed by atoms with Crippen LogP contribution in [0.25, 0.3) is 0 Å². The molecular weight excluding hydrogens is 662 g/mol. The van der Waals surface area contributed by atoms with E-state index in [1.807, 2.05) is 85.7 Å². The molecule has 0 saturated carbocycles. The van der Waals surface area contributed by atoms with Crippen LogP contribution in [0.1, 0.15) is 97.0 Å². The Labute approximate surface area is 309 Å². The molecule has 0 aliphatic carbocycles. The number of nitrogens with zero attached hydrogens (tertiary/aromatic N) is 2. The van der Waals surface area contributed by atoms with Gasteiger partial charge in [0, 0.05) is 38.3 Å². The summed E-state index contributed by atoms with van der Waals surface area (Å²) in [5.41, 5.74) is 0.884. The number of nitrogens with one attached hydrogen (secondary N) is 5. The number of carbonyl (C=O) groups is 5. The summed E-state index contributed by atoms with van der Waals surface area (Å²) >= 11 is 0. The molecule has 1 aromatic carbocycles. The van der Waals surface area contributed by atoms with Crippen LogP contribution in [0.5, 0.6) is 0 Å². The van der Waals surface area contributed by atoms with Crippen LogP contribution in [0.3, 0.4) is 0 Å². The maximum Gasteiger partial charge on any atom is 0.252 e. The van der Waals surface area contributed by atoms with E-state index in [0.29, 0.717) is 43.4 Å². The molecular formula is C39H61N7O6. The molecule has 0 saturated heterocycles. The topological polar surface area (TPSA) is 176 Å². The van der Waals surface area contributed by atoms with E-state index in [2.05, 4.69) is 26.6 Å². The van der Waals surface area contributed by atoms with E-state index in [9.17, 15) is 29.2 Å². The highest BCUT2D eigenvalue weighted by atomic mass is 16.5. The third-order valence-electron chi connectivity index (χ3n) is 8.77. The molecule has 5 N–H and O–H groups in total. The van der Waals surface area contributed by atoms with Crippen LogP contribution in [0.4, 0.5) is 0 Å². The third kappa shape index (κ3) is 14.2. The van der Waals surface area contributed by atoms with Gasteiger partial charge in [-0.05, 0) is 49.5 Å². The summed E-state index contributed by atoms with van der Waals surface area (Å²) in [5, 5.41) is 26.5. The van der Waals surface area contributed by atoms with Crippen LogP contribution >= 0.6 is 0 Å². The standard InChI is InChI=1S/C39H61N7O6/c1-10-16-32(45(9)38(51)31(24-39(6,7)8)43-34(47)28-19-21-46(52)22-20-28)36(49)42-29(23-27-17-14-13-15-18-27)25-41-30(11-2)35(48)44-33(26(4)5)37(50)40-12-3/h13-15,17-22,26,29-33,41H,10-12,16,23-25H2,1-9H3,(H,40,50)(H,42,49)(H,43,47)(H,44,48)/t29-,30-,31-,32-,33-/m0/s1. The van der Waals surface area contributed by atoms with Gasteiger partial charge in [-0.1, -0.05) is 85.2 Å². The lowest BCUT2D eigenvalue weighted by molar-refractivity contribution is -0.605. The minimum atomic E-state index is -0.927. The van der Waals surface area contributed by atoms with E-state index in [0.717, 1.165) is 5.56 Å². The molecule has 0 aliphatic rings. The number of rotatable bonds is 20. The highest BCUT2D eigenvalue weighted by Crippen LogP contribution is 2.23. The molecule has 5 amide bonds. The van der Waals surface area contributed by atoms with Crippen molar-refractivity contribution in [3.05, 3.63) is 71.2 Å². The minimum absolute atomic E-state index is 0.117. The molecule has 0 fully saturated rings. The number of likely N-dealkylation sites (N-methyl/N-ethyl adjacent to an activating group) is 2. The van der Waals surface area contributed by atoms with Crippen molar-refractivity contribution in [2.24, 2.45) is 11.3 Å². The molecule has 1 heterocycles. The highest BCUT2D eigenvalue weighted by molar-refractivity contribution is 5.98. The smallest absolute Gasteiger partial charge is 0.252 e. The fourth-order valence-corrected chi connectivity index (χ4v) is 5.94. The van der Waals surface area contributed by atoms with Gasteiger partial charge in [0.2, 0.25) is 23.6 Å². The van der Waals surface area contributed by atoms with Gasteiger partial charge in [-0.15, -0.1) is 0 Å². The molecule has 2 rings (SSSR count). The summed E-state index contributed by atoms with van der Waals surface area (Å²) in [6.07, 6.45) is 4.66. The van der Waals surface area contributed by atoms with Gasteiger partial charge in [0.25, 0.3) is 5.91 Å². The molecule has 52 heavy (non-hydrogen) atoms. The predicted octanol–water partition coefficient (Wildman–Crippen LogP) is 2.85. The fourth-order valence-electron chi connectivity index (χ4n) is 5.94. The predicted molar refractivity (Wildman–Crippen MR) is 202 cm³/mol. The summed E-state index contributed by atoms with van der Waals surface area (Å²) in [7, 11) is 1.58. The molecule has 0 unspecified atom stereocenters. The van der Waals surface area contributed by atoms with E-state index in [4.69, 9.17) is 0 Å². The van der Waals surface area contributed by atoms with E-state index in [1.54, 1.807) is 7.05 Å². The normalized spacial score (nSPS) is 14.3. The Kier molecular flexibility index (Phi) is 17.7. The van der Waals surface area contributed by atoms with Crippen molar-refractivity contribution in [1.82, 2.24) is 31.5 Å². The Bertz CT molecular complexity index is 1450. The van der Waals surface area contributed by atoms with Crippen molar-refractivity contribution >= 4 is 29.5 Å². The van der Waals surface area contributed by atoms with Crippen LogP contribution in [-0.2, 0) is 25.6 Å². The highest BCUT2D eigenvalue weighted by Gasteiger charge is 2.35. The first-order chi connectivity index (χ1) is 24.5. The van der Waals surface area contributed by atoms with Crippen molar-refractivity contribution in [2.45, 2.75) is 118 Å². The zero-order chi connectivity index (χ0) is 39.0. The van der Waals surface area contributed by atoms with E-state index >= 15 is 0 Å². The summed E-state index contributed by atoms with van der Waals surface area (Å²) in [6.45, 7) is 16.0. The number of benzene rings is 1. The van der Waals surface area contributed by atoms with Gasteiger partial charge < -0.3 is 36.7 Å². The molecule has 13 heteroatoms. The van der Waals surface area contributed by atoms with Gasteiger partial charge in [0.15, 0.2) is 12.4 Å². The van der Waals surface area contributed by atoms with Gasteiger partial charge in [-0.25, -0.2) is 0 Å². The van der Waals surface area contributed by atoms with Crippen molar-refractivity contribution in [3.8, 4) is 0 Å². The number of amides is 5. The van der Waals surface area contributed by atoms with Gasteiger partial charge in [0.05, 0.1) is 11.6 Å². The number of hydrogen-bond donors (Lipinski definition) is 5. The van der Waals surface area contributed by atoms with Crippen molar-refractivity contribution < 1.29 is 28.7 Å². The van der Waals surface area contributed by atoms with E-state index in [-0.39, 0.29) is 41.2 Å². The van der Waals surface area contributed by atoms with Crippen LogP contribution in [0.15, 0.2) is 54.9 Å². The first kappa shape index (κ1) is 43.6. The Morgan fingerprint density at radius 2 is 1.48 bits per heavy atom. The van der Waals surface area contributed by atoms with E-state index in [1.165, 1.54) is 29.4 Å². The summed E-state index contributed by atoms with van der Waals surface area (Å²) in [4.78, 5) is 68.7. The van der Waals surface area contributed by atoms with Crippen LogP contribution in [0, 0.1) is 16.5 Å². The largest absolute Gasteiger partial charge is 0.619 e. The maximum atomic E-state index is 14.1. The quantitative estimate of drug-likeness (QED) is 0.103. The first-order valence-electron chi connectivity index (χ1n) is 18.4. The van der Waals surface area contributed by atoms with Gasteiger partial charge in [0.1, 0.15) is 18.1 Å². The van der Waals surface area contributed by atoms with Gasteiger partial charge in [-0.3, -0.25) is 24.0 Å². The molecule has 0 spiro atoms. The molecule has 2 aromatic rings. The molecule has 0 bridgehead atoms. The lowest BCUT2D eigenvalue weighted by atomic mass is 9.87. The molecule has 0 aliphatic heterocycles. The number of aromatic nitrogens is 1. The van der Waals surface area contributed by atoms with Crippen molar-refractivity contribution in [2.75, 3.05) is 20.1 Å². The second-order valence-electron chi connectivity index (χ2n) is 14.9. The van der Waals surface area contributed by atoms with E-state index < -0.39 is 42.0 Å². The molecule has 0 radical (unpaired) electrons. The zero-order valence-corrected chi connectivity index (χ0v) is 32.5. The summed E-state index contributed by atoms with van der Waals surface area (Å²) in [5.74, 6) is -1.91.